The summed E-state index contributed by atoms with van der Waals surface area (Å²) in [6.45, 7) is 7.03. The number of rotatable bonds is 2. The van der Waals surface area contributed by atoms with E-state index in [1.807, 2.05) is 11.3 Å². The van der Waals surface area contributed by atoms with Gasteiger partial charge in [-0.3, -0.25) is 4.90 Å². The van der Waals surface area contributed by atoms with E-state index in [9.17, 15) is 0 Å². The number of nitrogens with zero attached hydrogens (tertiary/aromatic N) is 2. The maximum Gasteiger partial charge on any atom is 0.108 e. The van der Waals surface area contributed by atoms with Crippen molar-refractivity contribution in [2.45, 2.75) is 19.5 Å². The van der Waals surface area contributed by atoms with Gasteiger partial charge in [0, 0.05) is 12.6 Å². The maximum atomic E-state index is 4.77. The first-order chi connectivity index (χ1) is 9.31. The van der Waals surface area contributed by atoms with Crippen LogP contribution in [0.25, 0.3) is 10.2 Å². The molecule has 4 rings (SSSR count). The highest BCUT2D eigenvalue weighted by Crippen LogP contribution is 2.34. The number of para-hydroxylation sites is 1. The minimum absolute atomic E-state index is 0.687. The predicted molar refractivity (Wildman–Crippen MR) is 79.3 cm³/mol. The van der Waals surface area contributed by atoms with Gasteiger partial charge in [-0.15, -0.1) is 11.3 Å². The molecule has 3 atom stereocenters. The first-order valence-electron chi connectivity index (χ1n) is 7.10. The van der Waals surface area contributed by atoms with E-state index in [1.165, 1.54) is 29.3 Å². The van der Waals surface area contributed by atoms with E-state index in [4.69, 9.17) is 4.98 Å². The van der Waals surface area contributed by atoms with Crippen molar-refractivity contribution in [3.05, 3.63) is 29.3 Å². The summed E-state index contributed by atoms with van der Waals surface area (Å²) in [4.78, 5) is 7.38. The molecule has 3 heterocycles. The Kier molecular flexibility index (Phi) is 2.83. The molecule has 0 bridgehead atoms. The number of aromatic nitrogens is 1. The largest absolute Gasteiger partial charge is 0.316 e. The summed E-state index contributed by atoms with van der Waals surface area (Å²) in [5, 5.41) is 4.79. The Hall–Kier alpha value is -0.970. The van der Waals surface area contributed by atoms with Crippen LogP contribution < -0.4 is 5.32 Å². The fraction of sp³-hybridized carbons (Fsp3) is 0.533. The van der Waals surface area contributed by atoms with E-state index < -0.39 is 0 Å². The molecule has 19 heavy (non-hydrogen) atoms. The monoisotopic (exact) mass is 273 g/mol. The topological polar surface area (TPSA) is 28.2 Å². The van der Waals surface area contributed by atoms with Crippen LogP contribution in [0, 0.1) is 11.8 Å². The molecule has 2 saturated heterocycles. The molecule has 0 saturated carbocycles. The average Bonchev–Trinajstić information content (AvgIpc) is 3.07. The van der Waals surface area contributed by atoms with Gasteiger partial charge in [0.25, 0.3) is 0 Å². The van der Waals surface area contributed by atoms with Gasteiger partial charge in [-0.25, -0.2) is 4.98 Å². The second kappa shape index (κ2) is 4.54. The molecule has 1 N–H and O–H groups in total. The van der Waals surface area contributed by atoms with Gasteiger partial charge in [0.15, 0.2) is 0 Å². The summed E-state index contributed by atoms with van der Waals surface area (Å²) in [6, 6.07) is 9.13. The Labute approximate surface area is 117 Å². The van der Waals surface area contributed by atoms with E-state index in [-0.39, 0.29) is 0 Å². The van der Waals surface area contributed by atoms with Crippen LogP contribution in [0.2, 0.25) is 0 Å². The van der Waals surface area contributed by atoms with Gasteiger partial charge in [0.2, 0.25) is 0 Å². The molecule has 2 fully saturated rings. The minimum Gasteiger partial charge on any atom is -0.316 e. The Morgan fingerprint density at radius 2 is 2.26 bits per heavy atom. The molecule has 3 unspecified atom stereocenters. The highest BCUT2D eigenvalue weighted by Gasteiger charge is 2.41. The number of likely N-dealkylation sites (tertiary alicyclic amines) is 1. The lowest BCUT2D eigenvalue weighted by atomic mass is 9.95. The highest BCUT2D eigenvalue weighted by atomic mass is 32.1. The zero-order valence-corrected chi connectivity index (χ0v) is 12.0. The van der Waals surface area contributed by atoms with Gasteiger partial charge in [0.1, 0.15) is 5.01 Å². The van der Waals surface area contributed by atoms with Gasteiger partial charge < -0.3 is 5.32 Å². The van der Waals surface area contributed by atoms with Crippen LogP contribution in [-0.4, -0.2) is 35.6 Å². The summed E-state index contributed by atoms with van der Waals surface area (Å²) in [7, 11) is 0. The van der Waals surface area contributed by atoms with Crippen molar-refractivity contribution in [1.82, 2.24) is 15.2 Å². The van der Waals surface area contributed by atoms with Crippen molar-refractivity contribution >= 4 is 21.6 Å². The smallest absolute Gasteiger partial charge is 0.108 e. The lowest BCUT2D eigenvalue weighted by molar-refractivity contribution is 0.231. The van der Waals surface area contributed by atoms with Gasteiger partial charge in [-0.1, -0.05) is 12.1 Å². The molecule has 1 aromatic heterocycles. The van der Waals surface area contributed by atoms with Crippen molar-refractivity contribution in [2.24, 2.45) is 11.8 Å². The van der Waals surface area contributed by atoms with E-state index in [1.54, 1.807) is 0 Å². The lowest BCUT2D eigenvalue weighted by Gasteiger charge is -2.22. The number of hydrogen-bond donors (Lipinski definition) is 1. The molecular weight excluding hydrogens is 254 g/mol. The summed E-state index contributed by atoms with van der Waals surface area (Å²) >= 11 is 1.85. The van der Waals surface area contributed by atoms with Crippen LogP contribution in [0.3, 0.4) is 0 Å². The summed E-state index contributed by atoms with van der Waals surface area (Å²) in [6.07, 6.45) is 0. The number of fused-ring (bicyclic) bond motifs is 2. The van der Waals surface area contributed by atoms with E-state index in [0.29, 0.717) is 6.04 Å². The normalized spacial score (nSPS) is 31.1. The molecule has 1 aromatic carbocycles. The third-order valence-corrected chi connectivity index (χ3v) is 5.75. The van der Waals surface area contributed by atoms with Crippen LogP contribution in [0.5, 0.6) is 0 Å². The first kappa shape index (κ1) is 11.8. The zero-order valence-electron chi connectivity index (χ0n) is 11.2. The fourth-order valence-corrected chi connectivity index (χ4v) is 4.62. The molecule has 2 aliphatic heterocycles. The van der Waals surface area contributed by atoms with Crippen LogP contribution in [0.15, 0.2) is 24.3 Å². The Balaban J connectivity index is 1.55. The maximum absolute atomic E-state index is 4.77. The van der Waals surface area contributed by atoms with Gasteiger partial charge in [0.05, 0.1) is 16.8 Å². The van der Waals surface area contributed by atoms with Crippen LogP contribution in [0.1, 0.15) is 11.9 Å². The lowest BCUT2D eigenvalue weighted by Crippen LogP contribution is -2.32. The van der Waals surface area contributed by atoms with Gasteiger partial charge in [-0.2, -0.15) is 0 Å². The average molecular weight is 273 g/mol. The molecule has 0 amide bonds. The van der Waals surface area contributed by atoms with Crippen molar-refractivity contribution in [2.75, 3.05) is 19.6 Å². The Morgan fingerprint density at radius 3 is 3.11 bits per heavy atom. The van der Waals surface area contributed by atoms with Crippen LogP contribution in [-0.2, 0) is 6.54 Å². The standard InChI is InChI=1S/C15H19N3S/c1-10-12-7-16-6-11(12)8-18(10)9-15-17-13-4-2-3-5-14(13)19-15/h2-5,10-12,16H,6-9H2,1H3. The van der Waals surface area contributed by atoms with Gasteiger partial charge >= 0.3 is 0 Å². The Morgan fingerprint density at radius 1 is 1.37 bits per heavy atom. The second-order valence-corrected chi connectivity index (χ2v) is 6.94. The SMILES string of the molecule is CC1C2CNCC2CN1Cc1nc2ccccc2s1. The fourth-order valence-electron chi connectivity index (χ4n) is 3.63. The van der Waals surface area contributed by atoms with Gasteiger partial charge in [-0.05, 0) is 44.0 Å². The molecule has 0 spiro atoms. The number of benzene rings is 1. The summed E-state index contributed by atoms with van der Waals surface area (Å²) in [5.41, 5.74) is 1.15. The summed E-state index contributed by atoms with van der Waals surface area (Å²) in [5.74, 6) is 1.69. The molecule has 0 radical (unpaired) electrons. The Bertz CT molecular complexity index is 561. The molecule has 3 nitrogen and oxygen atoms in total. The minimum atomic E-state index is 0.687. The van der Waals surface area contributed by atoms with E-state index >= 15 is 0 Å². The molecular formula is C15H19N3S. The third-order valence-electron chi connectivity index (χ3n) is 4.73. The number of thiazole rings is 1. The van der Waals surface area contributed by atoms with Crippen molar-refractivity contribution in [3.8, 4) is 0 Å². The van der Waals surface area contributed by atoms with Crippen molar-refractivity contribution in [1.29, 1.82) is 0 Å². The third kappa shape index (κ3) is 1.98. The second-order valence-electron chi connectivity index (χ2n) is 5.83. The molecule has 4 heteroatoms. The molecule has 100 valence electrons. The first-order valence-corrected chi connectivity index (χ1v) is 7.92. The summed E-state index contributed by atoms with van der Waals surface area (Å²) < 4.78 is 1.31. The van der Waals surface area contributed by atoms with Crippen molar-refractivity contribution in [3.63, 3.8) is 0 Å². The quantitative estimate of drug-likeness (QED) is 0.910. The van der Waals surface area contributed by atoms with Crippen LogP contribution >= 0.6 is 11.3 Å². The molecule has 2 aromatic rings. The van der Waals surface area contributed by atoms with Crippen molar-refractivity contribution < 1.29 is 0 Å². The van der Waals surface area contributed by atoms with Crippen LogP contribution in [0.4, 0.5) is 0 Å². The highest BCUT2D eigenvalue weighted by molar-refractivity contribution is 7.18. The molecule has 0 aliphatic carbocycles. The number of hydrogen-bond acceptors (Lipinski definition) is 4. The predicted octanol–water partition coefficient (Wildman–Crippen LogP) is 2.34. The number of nitrogens with one attached hydrogen (secondary N) is 1. The van der Waals surface area contributed by atoms with E-state index in [2.05, 4.69) is 41.4 Å². The zero-order chi connectivity index (χ0) is 12.8. The molecule has 2 aliphatic rings. The van der Waals surface area contributed by atoms with E-state index in [0.717, 1.165) is 23.9 Å².